The van der Waals surface area contributed by atoms with Gasteiger partial charge in [0.1, 0.15) is 8.07 Å². The normalized spacial score (nSPS) is 18.1. The highest BCUT2D eigenvalue weighted by Crippen LogP contribution is 2.75. The van der Waals surface area contributed by atoms with Crippen molar-refractivity contribution in [3.63, 3.8) is 0 Å². The Morgan fingerprint density at radius 2 is 0.391 bits per heavy atom. The predicted molar refractivity (Wildman–Crippen MR) is 239 cm³/mol. The Bertz CT molecular complexity index is 3340. The maximum atomic E-state index is 17.0. The zero-order valence-electron chi connectivity index (χ0n) is 52.2. The van der Waals surface area contributed by atoms with Crippen LogP contribution >= 0.6 is 0 Å². The summed E-state index contributed by atoms with van der Waals surface area (Å²) in [7, 11) is -11.2. The highest BCUT2D eigenvalue weighted by atomic mass is 28.3. The molecule has 1 aromatic carbocycles. The Labute approximate surface area is 586 Å². The molecule has 115 heavy (non-hydrogen) atoms. The van der Waals surface area contributed by atoms with Crippen LogP contribution in [0, 0.1) is 0 Å². The standard InChI is InChI=1S/C46H23F63N2O3Si/c1-9(17(47,48)20(53,54)23(59,60)26(65,66)29(71,72)32(77,78)35(83,84)38(89,90)41(95,96)44(101,102)103)115(14-7-5-13(6-8-14)15(112)114-12(4)111-16(110)113,10(2)18(49,50)21(55,56)24(61,62)27(67,68)30(73,74)33(79,80)36(85,86)39(91,92)42(97,98)45(104,105)106)11(3)19(51,52)22(57,58)25(63,64)28(69,70)31(75,76)34(81,82)37(87,88)40(93,94)43(99,100)46(107,108)109/h5-12H,1-4H3,(H3,110,111,113). The van der Waals surface area contributed by atoms with Crippen molar-refractivity contribution in [3.05, 3.63) is 29.8 Å². The number of halogens is 63. The van der Waals surface area contributed by atoms with E-state index in [9.17, 15) is 181 Å². The van der Waals surface area contributed by atoms with E-state index < -0.39 is 277 Å². The number of nitrogens with two attached hydrogens (primary N) is 1. The van der Waals surface area contributed by atoms with Crippen molar-refractivity contribution in [2.24, 2.45) is 5.73 Å². The van der Waals surface area contributed by atoms with Crippen molar-refractivity contribution in [2.75, 3.05) is 0 Å². The Morgan fingerprint density at radius 3 is 0.530 bits per heavy atom. The van der Waals surface area contributed by atoms with E-state index >= 15 is 105 Å². The lowest BCUT2D eigenvalue weighted by molar-refractivity contribution is -0.474. The zero-order valence-corrected chi connectivity index (χ0v) is 53.2. The highest BCUT2D eigenvalue weighted by Gasteiger charge is 3.03. The summed E-state index contributed by atoms with van der Waals surface area (Å²) >= 11 is 0. The van der Waals surface area contributed by atoms with E-state index in [1.165, 1.54) is 0 Å². The van der Waals surface area contributed by atoms with E-state index in [1.807, 2.05) is 0 Å². The van der Waals surface area contributed by atoms with Gasteiger partial charge in [0.25, 0.3) is 0 Å². The first-order valence-corrected chi connectivity index (χ1v) is 28.9. The first-order chi connectivity index (χ1) is 48.9. The van der Waals surface area contributed by atoms with Gasteiger partial charge in [-0.2, -0.15) is 277 Å². The number of carbonyl (C=O) groups excluding carboxylic acids is 2. The molecule has 4 atom stereocenters. The number of ether oxygens (including phenoxy) is 1. The van der Waals surface area contributed by atoms with Crippen LogP contribution in [0.1, 0.15) is 38.1 Å². The van der Waals surface area contributed by atoms with E-state index in [-0.39, 0.29) is 6.92 Å². The van der Waals surface area contributed by atoms with Crippen LogP contribution in [0.15, 0.2) is 24.3 Å². The molecule has 0 saturated carbocycles. The van der Waals surface area contributed by atoms with Crippen LogP contribution in [0.25, 0.3) is 0 Å². The molecule has 0 heterocycles. The third-order valence-corrected chi connectivity index (χ3v) is 23.4. The molecule has 4 unspecified atom stereocenters. The third kappa shape index (κ3) is 13.3. The van der Waals surface area contributed by atoms with Crippen LogP contribution in [-0.2, 0) is 4.74 Å². The Morgan fingerprint density at radius 1 is 0.252 bits per heavy atom. The van der Waals surface area contributed by atoms with Crippen molar-refractivity contribution in [3.8, 4) is 0 Å². The number of rotatable bonds is 34. The van der Waals surface area contributed by atoms with Gasteiger partial charge in [0.05, 0.1) is 5.56 Å². The van der Waals surface area contributed by atoms with Gasteiger partial charge < -0.3 is 15.8 Å². The minimum Gasteiger partial charge on any atom is -0.438 e. The number of alkyl halides is 63. The van der Waals surface area contributed by atoms with Crippen LogP contribution in [0.4, 0.5) is 281 Å². The average molecular weight is 1880 g/mol. The van der Waals surface area contributed by atoms with Gasteiger partial charge in [-0.1, -0.05) is 38.1 Å². The van der Waals surface area contributed by atoms with Crippen LogP contribution in [0.5, 0.6) is 0 Å². The quantitative estimate of drug-likeness (QED) is 0.0312. The van der Waals surface area contributed by atoms with Crippen LogP contribution in [0.2, 0.25) is 16.6 Å². The van der Waals surface area contributed by atoms with Gasteiger partial charge in [0, 0.05) is 16.6 Å². The van der Waals surface area contributed by atoms with Crippen molar-refractivity contribution in [1.82, 2.24) is 5.32 Å². The van der Waals surface area contributed by atoms with Gasteiger partial charge in [-0.3, -0.25) is 0 Å². The number of amides is 2. The molecule has 680 valence electrons. The summed E-state index contributed by atoms with van der Waals surface area (Å²) in [6.07, 6.45) is -29.1. The highest BCUT2D eigenvalue weighted by molar-refractivity contribution is 6.95. The van der Waals surface area contributed by atoms with E-state index in [4.69, 9.17) is 0 Å². The molecule has 0 aromatic heterocycles. The van der Waals surface area contributed by atoms with Crippen LogP contribution in [0.3, 0.4) is 0 Å². The fourth-order valence-electron chi connectivity index (χ4n) is 9.66. The van der Waals surface area contributed by atoms with E-state index in [0.29, 0.717) is 0 Å². The molecular weight excluding hydrogens is 1850 g/mol. The molecule has 0 aliphatic heterocycles. The van der Waals surface area contributed by atoms with Crippen molar-refractivity contribution in [1.29, 1.82) is 0 Å². The summed E-state index contributed by atoms with van der Waals surface area (Å²) in [5.74, 6) is -282. The van der Waals surface area contributed by atoms with Gasteiger partial charge in [-0.15, -0.1) is 0 Å². The molecule has 69 heteroatoms. The average Bonchev–Trinajstić information content (AvgIpc) is 0.679. The maximum absolute atomic E-state index is 17.0. The number of hydrogen-bond acceptors (Lipinski definition) is 3. The van der Waals surface area contributed by atoms with Gasteiger partial charge >= 0.3 is 190 Å². The Kier molecular flexibility index (Phi) is 25.9. The molecule has 3 N–H and O–H groups in total. The zero-order chi connectivity index (χ0) is 94.4. The Balaban J connectivity index is 5.75. The SMILES string of the molecule is CC(NC(N)=O)OC(=O)c1ccc([Si](C(C)C(F)(F)C(F)(F)C(F)(F)C(F)(F)C(F)(F)C(F)(F)C(F)(F)C(F)(F)C(F)(F)C(F)(F)F)(C(C)C(F)(F)C(F)(F)C(F)(F)C(F)(F)C(F)(F)C(F)(F)C(F)(F)C(F)(F)C(F)(F)C(F)(F)F)C(C)C(F)(F)C(F)(F)C(F)(F)C(F)(F)C(F)(F)C(F)(F)C(F)(F)C(F)(F)C(F)(F)C(F)(F)F)cc1. The van der Waals surface area contributed by atoms with Crippen LogP contribution < -0.4 is 16.2 Å². The maximum Gasteiger partial charge on any atom is 0.460 e. The second-order valence-electron chi connectivity index (χ2n) is 23.4. The molecule has 2 amide bonds. The summed E-state index contributed by atoms with van der Waals surface area (Å²) in [5.41, 5.74) is -20.2. The molecule has 0 aliphatic carbocycles. The Hall–Kier alpha value is -6.23. The third-order valence-electron chi connectivity index (χ3n) is 16.6. The lowest BCUT2D eigenvalue weighted by Crippen LogP contribution is -2.80. The lowest BCUT2D eigenvalue weighted by atomic mass is 9.85. The minimum absolute atomic E-state index is 0.170. The lowest BCUT2D eigenvalue weighted by Gasteiger charge is -2.55. The smallest absolute Gasteiger partial charge is 0.438 e. The minimum atomic E-state index is -11.2. The van der Waals surface area contributed by atoms with E-state index in [1.54, 1.807) is 0 Å². The largest absolute Gasteiger partial charge is 0.460 e. The molecule has 0 spiro atoms. The second-order valence-corrected chi connectivity index (χ2v) is 28.4. The fourth-order valence-corrected chi connectivity index (χ4v) is 16.5. The molecule has 1 aromatic rings. The van der Waals surface area contributed by atoms with Crippen molar-refractivity contribution in [2.45, 2.75) is 229 Å². The number of primary amides is 1. The first-order valence-electron chi connectivity index (χ1n) is 26.7. The number of benzene rings is 1. The molecule has 0 saturated heterocycles. The summed E-state index contributed by atoms with van der Waals surface area (Å²) in [6.45, 7) is -7.73. The van der Waals surface area contributed by atoms with Gasteiger partial charge in [0.2, 0.25) is 0 Å². The van der Waals surface area contributed by atoms with Crippen LogP contribution in [-0.4, -0.2) is 205 Å². The summed E-state index contributed by atoms with van der Waals surface area (Å²) in [6, 6.07) is -8.45. The second kappa shape index (κ2) is 27.9. The van der Waals surface area contributed by atoms with Crippen molar-refractivity contribution < 1.29 is 291 Å². The first kappa shape index (κ1) is 107. The monoisotopic (exact) mass is 1880 g/mol. The molecular formula is C46H23F63N2O3Si. The predicted octanol–water partition coefficient (Wildman–Crippen LogP) is 22.5. The number of hydrogen-bond donors (Lipinski definition) is 2. The summed E-state index contributed by atoms with van der Waals surface area (Å²) < 4.78 is 932. The summed E-state index contributed by atoms with van der Waals surface area (Å²) in [5, 5.41) is -3.08. The number of urea groups is 1. The molecule has 5 nitrogen and oxygen atoms in total. The topological polar surface area (TPSA) is 81.4 Å². The van der Waals surface area contributed by atoms with Gasteiger partial charge in [-0.05, 0) is 19.1 Å². The van der Waals surface area contributed by atoms with Gasteiger partial charge in [0.15, 0.2) is 6.23 Å². The molecule has 1 rings (SSSR count). The number of esters is 1. The molecule has 0 bridgehead atoms. The van der Waals surface area contributed by atoms with E-state index in [0.717, 1.165) is 5.32 Å². The molecule has 0 radical (unpaired) electrons. The fraction of sp³-hybridized carbons (Fsp3) is 0.826. The number of carbonyl (C=O) groups is 2. The molecule has 0 fully saturated rings. The molecule has 0 aliphatic rings. The number of nitrogens with one attached hydrogen (secondary N) is 1. The van der Waals surface area contributed by atoms with Gasteiger partial charge in [-0.25, -0.2) is 9.59 Å². The summed E-state index contributed by atoms with van der Waals surface area (Å²) in [4.78, 5) is 23.9. The van der Waals surface area contributed by atoms with E-state index in [2.05, 4.69) is 10.5 Å². The van der Waals surface area contributed by atoms with Crippen molar-refractivity contribution >= 4 is 25.3 Å².